The van der Waals surface area contributed by atoms with Crippen LogP contribution in [0.4, 0.5) is 5.95 Å². The number of amides is 1. The Hall–Kier alpha value is -1.95. The van der Waals surface area contributed by atoms with Gasteiger partial charge in [-0.3, -0.25) is 4.79 Å². The number of carbonyl (C=O) groups is 1. The number of nitrogens with one attached hydrogen (secondary N) is 1. The van der Waals surface area contributed by atoms with Crippen LogP contribution in [0.25, 0.3) is 0 Å². The van der Waals surface area contributed by atoms with Crippen molar-refractivity contribution < 1.29 is 4.79 Å². The van der Waals surface area contributed by atoms with Crippen LogP contribution in [0.1, 0.15) is 34.5 Å². The van der Waals surface area contributed by atoms with Crippen LogP contribution < -0.4 is 10.2 Å². The van der Waals surface area contributed by atoms with Crippen molar-refractivity contribution in [3.8, 4) is 0 Å². The monoisotopic (exact) mass is 344 g/mol. The molecule has 6 heteroatoms. The number of aromatic nitrogens is 2. The van der Waals surface area contributed by atoms with Crippen molar-refractivity contribution in [2.75, 3.05) is 19.0 Å². The van der Waals surface area contributed by atoms with Crippen molar-refractivity contribution in [3.05, 3.63) is 39.3 Å². The van der Waals surface area contributed by atoms with Crippen molar-refractivity contribution in [1.29, 1.82) is 0 Å². The average molecular weight is 344 g/mol. The molecule has 2 heterocycles. The van der Waals surface area contributed by atoms with Gasteiger partial charge in [-0.15, -0.1) is 11.3 Å². The summed E-state index contributed by atoms with van der Waals surface area (Å²) < 4.78 is 0. The first-order chi connectivity index (χ1) is 11.5. The molecule has 0 saturated carbocycles. The lowest BCUT2D eigenvalue weighted by Gasteiger charge is -2.25. The highest BCUT2D eigenvalue weighted by molar-refractivity contribution is 7.10. The highest BCUT2D eigenvalue weighted by Crippen LogP contribution is 2.21. The fourth-order valence-electron chi connectivity index (χ4n) is 3.02. The molecule has 2 aromatic rings. The van der Waals surface area contributed by atoms with Crippen molar-refractivity contribution in [2.24, 2.45) is 0 Å². The quantitative estimate of drug-likeness (QED) is 0.905. The van der Waals surface area contributed by atoms with E-state index in [1.54, 1.807) is 11.3 Å². The van der Waals surface area contributed by atoms with Gasteiger partial charge in [0.25, 0.3) is 0 Å². The Kier molecular flexibility index (Phi) is 5.14. The minimum absolute atomic E-state index is 0.141. The number of rotatable bonds is 5. The molecule has 0 unspecified atom stereocenters. The molecule has 1 aliphatic carbocycles. The van der Waals surface area contributed by atoms with Gasteiger partial charge in [-0.25, -0.2) is 9.97 Å². The Morgan fingerprint density at radius 3 is 3.00 bits per heavy atom. The third kappa shape index (κ3) is 3.93. The van der Waals surface area contributed by atoms with Gasteiger partial charge in [0.2, 0.25) is 11.9 Å². The third-order valence-corrected chi connectivity index (χ3v) is 5.53. The van der Waals surface area contributed by atoms with Crippen LogP contribution in [-0.2, 0) is 24.1 Å². The molecule has 0 radical (unpaired) electrons. The van der Waals surface area contributed by atoms with E-state index in [9.17, 15) is 4.79 Å². The molecule has 0 bridgehead atoms. The molecule has 0 aromatic carbocycles. The number of thiophene rings is 1. The summed E-state index contributed by atoms with van der Waals surface area (Å²) in [6.45, 7) is 2.10. The van der Waals surface area contributed by atoms with Gasteiger partial charge in [0.1, 0.15) is 0 Å². The van der Waals surface area contributed by atoms with E-state index >= 15 is 0 Å². The molecular weight excluding hydrogens is 320 g/mol. The molecule has 24 heavy (non-hydrogen) atoms. The molecule has 128 valence electrons. The summed E-state index contributed by atoms with van der Waals surface area (Å²) >= 11 is 1.73. The minimum Gasteiger partial charge on any atom is -0.353 e. The van der Waals surface area contributed by atoms with E-state index in [4.69, 9.17) is 0 Å². The second-order valence-corrected chi connectivity index (χ2v) is 7.57. The van der Waals surface area contributed by atoms with Crippen molar-refractivity contribution in [2.45, 2.75) is 45.1 Å². The molecule has 0 saturated heterocycles. The number of hydrogen-bond acceptors (Lipinski definition) is 5. The van der Waals surface area contributed by atoms with Crippen LogP contribution >= 0.6 is 11.3 Å². The largest absolute Gasteiger partial charge is 0.353 e. The first kappa shape index (κ1) is 16.9. The smallest absolute Gasteiger partial charge is 0.224 e. The molecule has 1 aliphatic rings. The van der Waals surface area contributed by atoms with Gasteiger partial charge in [0, 0.05) is 43.3 Å². The Balaban J connectivity index is 1.54. The van der Waals surface area contributed by atoms with Gasteiger partial charge in [-0.2, -0.15) is 0 Å². The van der Waals surface area contributed by atoms with E-state index in [2.05, 4.69) is 33.7 Å². The third-order valence-electron chi connectivity index (χ3n) is 4.45. The molecule has 0 aliphatic heterocycles. The number of nitrogens with zero attached hydrogens (tertiary/aromatic N) is 3. The zero-order valence-electron chi connectivity index (χ0n) is 14.5. The topological polar surface area (TPSA) is 58.1 Å². The maximum absolute atomic E-state index is 12.2. The summed E-state index contributed by atoms with van der Waals surface area (Å²) in [5, 5.41) is 5.26. The summed E-state index contributed by atoms with van der Waals surface area (Å²) in [4.78, 5) is 24.5. The van der Waals surface area contributed by atoms with Crippen LogP contribution in [0, 0.1) is 6.92 Å². The van der Waals surface area contributed by atoms with Gasteiger partial charge in [0.05, 0.1) is 0 Å². The number of anilines is 1. The fraction of sp³-hybridized carbons (Fsp3) is 0.500. The lowest BCUT2D eigenvalue weighted by atomic mass is 9.92. The van der Waals surface area contributed by atoms with Gasteiger partial charge in [-0.1, -0.05) is 0 Å². The predicted molar refractivity (Wildman–Crippen MR) is 97.7 cm³/mol. The number of carbonyl (C=O) groups excluding carboxylic acids is 1. The molecular formula is C18H24N4OS. The minimum atomic E-state index is 0.141. The summed E-state index contributed by atoms with van der Waals surface area (Å²) in [7, 11) is 3.89. The SMILES string of the molecule is Cc1ccsc1CCC(=O)N[C@@H]1CCc2nc(N(C)C)ncc2C1. The molecule has 2 aromatic heterocycles. The first-order valence-electron chi connectivity index (χ1n) is 8.37. The highest BCUT2D eigenvalue weighted by atomic mass is 32.1. The molecule has 0 fully saturated rings. The zero-order valence-corrected chi connectivity index (χ0v) is 15.3. The second kappa shape index (κ2) is 7.30. The molecule has 1 atom stereocenters. The van der Waals surface area contributed by atoms with E-state index in [1.165, 1.54) is 10.4 Å². The van der Waals surface area contributed by atoms with Crippen LogP contribution in [-0.4, -0.2) is 36.0 Å². The summed E-state index contributed by atoms with van der Waals surface area (Å²) in [6, 6.07) is 2.31. The Labute approximate surface area is 147 Å². The maximum atomic E-state index is 12.2. The summed E-state index contributed by atoms with van der Waals surface area (Å²) in [5.74, 6) is 0.893. The second-order valence-electron chi connectivity index (χ2n) is 6.57. The van der Waals surface area contributed by atoms with Gasteiger partial charge in [-0.05, 0) is 55.2 Å². The number of aryl methyl sites for hydroxylation is 3. The van der Waals surface area contributed by atoms with E-state index in [-0.39, 0.29) is 11.9 Å². The number of fused-ring (bicyclic) bond motifs is 1. The Bertz CT molecular complexity index is 726. The Morgan fingerprint density at radius 1 is 1.46 bits per heavy atom. The molecule has 1 N–H and O–H groups in total. The van der Waals surface area contributed by atoms with Gasteiger partial charge < -0.3 is 10.2 Å². The normalized spacial score (nSPS) is 16.5. The first-order valence-corrected chi connectivity index (χ1v) is 9.25. The van der Waals surface area contributed by atoms with Gasteiger partial charge in [0.15, 0.2) is 0 Å². The van der Waals surface area contributed by atoms with Crippen LogP contribution in [0.5, 0.6) is 0 Å². The summed E-state index contributed by atoms with van der Waals surface area (Å²) in [6.07, 6.45) is 5.96. The Morgan fingerprint density at radius 2 is 2.29 bits per heavy atom. The van der Waals surface area contributed by atoms with Crippen LogP contribution in [0.3, 0.4) is 0 Å². The lowest BCUT2D eigenvalue weighted by molar-refractivity contribution is -0.121. The molecule has 5 nitrogen and oxygen atoms in total. The predicted octanol–water partition coefficient (Wildman–Crippen LogP) is 2.52. The van der Waals surface area contributed by atoms with E-state index < -0.39 is 0 Å². The van der Waals surface area contributed by atoms with Crippen LogP contribution in [0.15, 0.2) is 17.6 Å². The molecule has 1 amide bonds. The van der Waals surface area contributed by atoms with E-state index in [1.807, 2.05) is 25.2 Å². The lowest BCUT2D eigenvalue weighted by Crippen LogP contribution is -2.39. The van der Waals surface area contributed by atoms with Gasteiger partial charge >= 0.3 is 0 Å². The summed E-state index contributed by atoms with van der Waals surface area (Å²) in [5.41, 5.74) is 3.56. The average Bonchev–Trinajstić information content (AvgIpc) is 2.97. The van der Waals surface area contributed by atoms with Crippen molar-refractivity contribution in [1.82, 2.24) is 15.3 Å². The zero-order chi connectivity index (χ0) is 17.1. The fourth-order valence-corrected chi connectivity index (χ4v) is 3.93. The highest BCUT2D eigenvalue weighted by Gasteiger charge is 2.22. The molecule has 3 rings (SSSR count). The van der Waals surface area contributed by atoms with Crippen molar-refractivity contribution >= 4 is 23.2 Å². The molecule has 0 spiro atoms. The number of hydrogen-bond donors (Lipinski definition) is 1. The van der Waals surface area contributed by atoms with E-state index in [0.717, 1.165) is 42.9 Å². The van der Waals surface area contributed by atoms with Crippen LogP contribution in [0.2, 0.25) is 0 Å². The van der Waals surface area contributed by atoms with E-state index in [0.29, 0.717) is 6.42 Å². The van der Waals surface area contributed by atoms with Crippen molar-refractivity contribution in [3.63, 3.8) is 0 Å². The maximum Gasteiger partial charge on any atom is 0.224 e. The standard InChI is InChI=1S/C18H24N4OS/c1-12-8-9-24-16(12)6-7-17(23)20-14-4-5-15-13(10-14)11-19-18(21-15)22(2)3/h8-9,11,14H,4-7,10H2,1-3H3,(H,20,23)/t14-/m1/s1.